The number of rotatable bonds is 7. The van der Waals surface area contributed by atoms with E-state index < -0.39 is 10.1 Å². The molecule has 1 saturated heterocycles. The summed E-state index contributed by atoms with van der Waals surface area (Å²) in [5, 5.41) is 0. The average molecular weight is 326 g/mol. The van der Waals surface area contributed by atoms with Gasteiger partial charge in [0.15, 0.2) is 5.71 Å². The van der Waals surface area contributed by atoms with Crippen molar-refractivity contribution in [2.45, 2.75) is 39.0 Å². The van der Waals surface area contributed by atoms with Gasteiger partial charge in [-0.2, -0.15) is 0 Å². The quantitative estimate of drug-likeness (QED) is 0.528. The molecule has 2 rings (SSSR count). The summed E-state index contributed by atoms with van der Waals surface area (Å²) >= 11 is 0. The van der Waals surface area contributed by atoms with Gasteiger partial charge in [0.1, 0.15) is 13.1 Å². The van der Waals surface area contributed by atoms with E-state index >= 15 is 0 Å². The lowest BCUT2D eigenvalue weighted by atomic mass is 10.2. The molecule has 0 amide bonds. The number of hydrogen-bond donors (Lipinski definition) is 0. The van der Waals surface area contributed by atoms with E-state index in [4.69, 9.17) is 0 Å². The minimum atomic E-state index is -4.09. The van der Waals surface area contributed by atoms with Crippen LogP contribution in [0.4, 0.5) is 0 Å². The lowest BCUT2D eigenvalue weighted by molar-refractivity contribution is -0.519. The first-order valence-corrected chi connectivity index (χ1v) is 9.74. The van der Waals surface area contributed by atoms with Crippen LogP contribution in [0.1, 0.15) is 39.0 Å². The molecular formula is C16H26N2O3S. The van der Waals surface area contributed by atoms with Crippen LogP contribution in [-0.2, 0) is 10.1 Å². The first kappa shape index (κ1) is 17.2. The molecule has 0 unspecified atom stereocenters. The smallest absolute Gasteiger partial charge is 0.176 e. The Morgan fingerprint density at radius 2 is 2.14 bits per heavy atom. The van der Waals surface area contributed by atoms with Gasteiger partial charge in [0.05, 0.1) is 10.1 Å². The van der Waals surface area contributed by atoms with E-state index in [2.05, 4.69) is 34.6 Å². The molecule has 0 aromatic rings. The highest BCUT2D eigenvalue weighted by Crippen LogP contribution is 2.20. The molecule has 0 radical (unpaired) electrons. The highest BCUT2D eigenvalue weighted by Gasteiger charge is 2.19. The molecule has 0 bridgehead atoms. The Morgan fingerprint density at radius 1 is 1.32 bits per heavy atom. The Morgan fingerprint density at radius 3 is 2.86 bits per heavy atom. The number of likely N-dealkylation sites (tertiary alicyclic amines) is 1. The second-order valence-corrected chi connectivity index (χ2v) is 7.42. The van der Waals surface area contributed by atoms with E-state index in [0.717, 1.165) is 38.9 Å². The van der Waals surface area contributed by atoms with Crippen LogP contribution < -0.4 is 0 Å². The molecule has 0 aliphatic carbocycles. The van der Waals surface area contributed by atoms with E-state index in [0.29, 0.717) is 13.0 Å². The molecule has 0 aromatic carbocycles. The van der Waals surface area contributed by atoms with Gasteiger partial charge in [0.2, 0.25) is 0 Å². The first-order valence-electron chi connectivity index (χ1n) is 8.16. The van der Waals surface area contributed by atoms with Crippen LogP contribution in [0, 0.1) is 0 Å². The van der Waals surface area contributed by atoms with E-state index in [-0.39, 0.29) is 5.75 Å². The van der Waals surface area contributed by atoms with Gasteiger partial charge in [0.25, 0.3) is 0 Å². The predicted octanol–water partition coefficient (Wildman–Crippen LogP) is 1.72. The van der Waals surface area contributed by atoms with Gasteiger partial charge in [-0.15, -0.1) is 0 Å². The molecule has 0 atom stereocenters. The maximum atomic E-state index is 10.7. The summed E-state index contributed by atoms with van der Waals surface area (Å²) < 4.78 is 34.2. The van der Waals surface area contributed by atoms with Gasteiger partial charge in [-0.1, -0.05) is 6.08 Å². The monoisotopic (exact) mass is 326 g/mol. The lowest BCUT2D eigenvalue weighted by Crippen LogP contribution is -2.18. The van der Waals surface area contributed by atoms with Crippen molar-refractivity contribution in [1.29, 1.82) is 0 Å². The molecule has 0 spiro atoms. The summed E-state index contributed by atoms with van der Waals surface area (Å²) in [7, 11) is -4.09. The average Bonchev–Trinajstić information content (AvgIpc) is 3.07. The van der Waals surface area contributed by atoms with Crippen LogP contribution >= 0.6 is 0 Å². The van der Waals surface area contributed by atoms with Crippen LogP contribution in [0.15, 0.2) is 23.9 Å². The molecule has 2 heterocycles. The third-order valence-electron chi connectivity index (χ3n) is 4.32. The summed E-state index contributed by atoms with van der Waals surface area (Å²) in [6, 6.07) is 0. The zero-order valence-electron chi connectivity index (χ0n) is 13.3. The lowest BCUT2D eigenvalue weighted by Gasteiger charge is -2.16. The molecule has 22 heavy (non-hydrogen) atoms. The molecule has 5 nitrogen and oxygen atoms in total. The minimum Gasteiger partial charge on any atom is -0.748 e. The second kappa shape index (κ2) is 7.92. The van der Waals surface area contributed by atoms with Gasteiger partial charge in [0, 0.05) is 49.9 Å². The van der Waals surface area contributed by atoms with Crippen LogP contribution in [0.2, 0.25) is 0 Å². The maximum absolute atomic E-state index is 10.7. The summed E-state index contributed by atoms with van der Waals surface area (Å²) in [4.78, 5) is 2.40. The molecule has 0 saturated carbocycles. The van der Waals surface area contributed by atoms with Gasteiger partial charge in [-0.3, -0.25) is 0 Å². The zero-order valence-corrected chi connectivity index (χ0v) is 14.1. The van der Waals surface area contributed by atoms with Gasteiger partial charge < -0.3 is 9.45 Å². The van der Waals surface area contributed by atoms with Crippen molar-refractivity contribution in [2.75, 3.05) is 31.9 Å². The maximum Gasteiger partial charge on any atom is 0.176 e. The van der Waals surface area contributed by atoms with E-state index in [1.807, 2.05) is 0 Å². The van der Waals surface area contributed by atoms with Crippen molar-refractivity contribution in [3.63, 3.8) is 0 Å². The molecular weight excluding hydrogens is 300 g/mol. The highest BCUT2D eigenvalue weighted by molar-refractivity contribution is 7.85. The predicted molar refractivity (Wildman–Crippen MR) is 87.1 cm³/mol. The molecule has 2 aliphatic heterocycles. The van der Waals surface area contributed by atoms with E-state index in [9.17, 15) is 13.0 Å². The Kier molecular flexibility index (Phi) is 6.20. The van der Waals surface area contributed by atoms with Crippen LogP contribution in [0.5, 0.6) is 0 Å². The molecule has 124 valence electrons. The summed E-state index contributed by atoms with van der Waals surface area (Å²) in [6.45, 7) is 6.00. The van der Waals surface area contributed by atoms with Gasteiger partial charge in [-0.05, 0) is 25.8 Å². The third-order valence-corrected chi connectivity index (χ3v) is 5.10. The molecule has 0 N–H and O–H groups in total. The van der Waals surface area contributed by atoms with E-state index in [1.54, 1.807) is 0 Å². The number of hydrogen-bond acceptors (Lipinski definition) is 4. The van der Waals surface area contributed by atoms with Crippen molar-refractivity contribution >= 4 is 15.8 Å². The van der Waals surface area contributed by atoms with Crippen molar-refractivity contribution in [1.82, 2.24) is 4.90 Å². The fourth-order valence-electron chi connectivity index (χ4n) is 3.20. The minimum absolute atomic E-state index is 0.268. The first-order chi connectivity index (χ1) is 10.5. The Bertz CT molecular complexity index is 576. The molecule has 2 aliphatic rings. The summed E-state index contributed by atoms with van der Waals surface area (Å²) in [5.41, 5.74) is 2.66. The largest absolute Gasteiger partial charge is 0.748 e. The normalized spacial score (nSPS) is 21.7. The molecule has 6 heteroatoms. The number of allylic oxidation sites excluding steroid dienone is 4. The van der Waals surface area contributed by atoms with Crippen molar-refractivity contribution in [3.8, 4) is 0 Å². The summed E-state index contributed by atoms with van der Waals surface area (Å²) in [5.74, 6) is -0.268. The fourth-order valence-corrected chi connectivity index (χ4v) is 3.68. The molecule has 0 aromatic heterocycles. The summed E-state index contributed by atoms with van der Waals surface area (Å²) in [6.07, 6.45) is 11.4. The van der Waals surface area contributed by atoms with Crippen LogP contribution in [0.3, 0.4) is 0 Å². The van der Waals surface area contributed by atoms with Crippen LogP contribution in [0.25, 0.3) is 0 Å². The molecule has 1 fully saturated rings. The van der Waals surface area contributed by atoms with Crippen molar-refractivity contribution < 1.29 is 17.5 Å². The van der Waals surface area contributed by atoms with Crippen molar-refractivity contribution in [3.05, 3.63) is 23.9 Å². The Labute approximate surface area is 133 Å². The third kappa shape index (κ3) is 5.25. The van der Waals surface area contributed by atoms with E-state index in [1.165, 1.54) is 17.8 Å². The standard InChI is InChI=1S/C16H26N2O3S/c1-2-17-11-4-9-15(17)7-3-8-16-10-5-12-18(16)13-6-14-22(19,20)21/h3,7-8H,2,4-6,9-14H2,1H3. The SMILES string of the molecule is CCN1CCC/C1=C\C=C\C1=[N+](CCCS(=O)(=O)[O-])CCC1. The highest BCUT2D eigenvalue weighted by atomic mass is 32.2. The Balaban J connectivity index is 1.93. The van der Waals surface area contributed by atoms with Gasteiger partial charge in [-0.25, -0.2) is 13.0 Å². The Hall–Kier alpha value is -1.14. The van der Waals surface area contributed by atoms with Crippen LogP contribution in [-0.4, -0.2) is 60.1 Å². The zero-order chi connectivity index (χ0) is 16.0. The second-order valence-electron chi connectivity index (χ2n) is 5.90. The van der Waals surface area contributed by atoms with Gasteiger partial charge >= 0.3 is 0 Å². The topological polar surface area (TPSA) is 63.5 Å². The van der Waals surface area contributed by atoms with Crippen molar-refractivity contribution in [2.24, 2.45) is 0 Å². The number of nitrogens with zero attached hydrogens (tertiary/aromatic N) is 2. The fraction of sp³-hybridized carbons (Fsp3) is 0.688.